The van der Waals surface area contributed by atoms with E-state index in [-0.39, 0.29) is 0 Å². The topological polar surface area (TPSA) is 20.2 Å². The minimum Gasteiger partial charge on any atom is -0.374 e. The highest BCUT2D eigenvalue weighted by atomic mass is 32.1. The molecule has 0 aliphatic rings. The molecular formula is C15H11F5OS. The van der Waals surface area contributed by atoms with E-state index in [9.17, 15) is 27.1 Å². The molecule has 0 saturated carbocycles. The van der Waals surface area contributed by atoms with Gasteiger partial charge in [0.2, 0.25) is 0 Å². The Labute approximate surface area is 127 Å². The number of alkyl halides is 5. The molecule has 0 radical (unpaired) electrons. The van der Waals surface area contributed by atoms with Crippen LogP contribution in [0.3, 0.4) is 0 Å². The van der Waals surface area contributed by atoms with E-state index in [0.29, 0.717) is 23.0 Å². The minimum atomic E-state index is -5.88. The van der Waals surface area contributed by atoms with Crippen LogP contribution in [0.4, 0.5) is 22.0 Å². The van der Waals surface area contributed by atoms with Crippen LogP contribution < -0.4 is 0 Å². The molecule has 0 saturated heterocycles. The summed E-state index contributed by atoms with van der Waals surface area (Å²) in [5, 5.41) is 11.5. The number of hydrogen-bond donors (Lipinski definition) is 1. The van der Waals surface area contributed by atoms with Gasteiger partial charge in [-0.2, -0.15) is 22.0 Å². The van der Waals surface area contributed by atoms with Crippen LogP contribution in [0, 0.1) is 0 Å². The summed E-state index contributed by atoms with van der Waals surface area (Å²) in [7, 11) is 0. The maximum atomic E-state index is 13.8. The van der Waals surface area contributed by atoms with Crippen LogP contribution in [0.15, 0.2) is 53.9 Å². The highest BCUT2D eigenvalue weighted by Crippen LogP contribution is 2.50. The largest absolute Gasteiger partial charge is 0.457 e. The summed E-state index contributed by atoms with van der Waals surface area (Å²) in [4.78, 5) is -0.484. The van der Waals surface area contributed by atoms with E-state index >= 15 is 0 Å². The molecule has 1 nitrogen and oxygen atoms in total. The van der Waals surface area contributed by atoms with Crippen LogP contribution in [0.25, 0.3) is 6.08 Å². The highest BCUT2D eigenvalue weighted by Gasteiger charge is 2.70. The quantitative estimate of drug-likeness (QED) is 0.793. The van der Waals surface area contributed by atoms with Gasteiger partial charge in [0.15, 0.2) is 5.60 Å². The molecule has 1 N–H and O–H groups in total. The number of thiophene rings is 1. The molecule has 7 heteroatoms. The summed E-state index contributed by atoms with van der Waals surface area (Å²) < 4.78 is 65.8. The zero-order chi connectivity index (χ0) is 16.4. The standard InChI is InChI=1S/C15H11F5OS/c16-14(17,15(18,19)20)13(21,12-7-4-10-22-12)9-8-11-5-2-1-3-6-11/h1-10,21H/b9-8+. The van der Waals surface area contributed by atoms with E-state index in [0.717, 1.165) is 12.1 Å². The lowest BCUT2D eigenvalue weighted by atomic mass is 9.91. The second-order valence-corrected chi connectivity index (χ2v) is 5.51. The van der Waals surface area contributed by atoms with Crippen molar-refractivity contribution in [2.45, 2.75) is 17.7 Å². The normalized spacial score (nSPS) is 15.9. The smallest absolute Gasteiger partial charge is 0.374 e. The molecule has 0 fully saturated rings. The van der Waals surface area contributed by atoms with Gasteiger partial charge in [0, 0.05) is 4.88 Å². The zero-order valence-corrected chi connectivity index (χ0v) is 11.8. The summed E-state index contributed by atoms with van der Waals surface area (Å²) in [6, 6.07) is 10.3. The fourth-order valence-corrected chi connectivity index (χ4v) is 2.67. The number of halogens is 5. The van der Waals surface area contributed by atoms with Crippen molar-refractivity contribution in [2.75, 3.05) is 0 Å². The van der Waals surface area contributed by atoms with Crippen molar-refractivity contribution in [3.63, 3.8) is 0 Å². The lowest BCUT2D eigenvalue weighted by Gasteiger charge is -2.33. The Hall–Kier alpha value is -1.73. The van der Waals surface area contributed by atoms with Gasteiger partial charge in [-0.25, -0.2) is 0 Å². The van der Waals surface area contributed by atoms with E-state index in [1.54, 1.807) is 18.2 Å². The van der Waals surface area contributed by atoms with Crippen LogP contribution in [-0.4, -0.2) is 17.2 Å². The predicted octanol–water partition coefficient (Wildman–Crippen LogP) is 4.85. The van der Waals surface area contributed by atoms with Crippen molar-refractivity contribution in [3.8, 4) is 0 Å². The molecule has 118 valence electrons. The zero-order valence-electron chi connectivity index (χ0n) is 11.0. The summed E-state index contributed by atoms with van der Waals surface area (Å²) in [6.07, 6.45) is -4.35. The Balaban J connectivity index is 2.51. The highest BCUT2D eigenvalue weighted by molar-refractivity contribution is 7.10. The van der Waals surface area contributed by atoms with Crippen LogP contribution in [0.5, 0.6) is 0 Å². The molecule has 1 aromatic carbocycles. The van der Waals surface area contributed by atoms with Gasteiger partial charge in [-0.15, -0.1) is 11.3 Å². The lowest BCUT2D eigenvalue weighted by Crippen LogP contribution is -2.53. The average Bonchev–Trinajstić information content (AvgIpc) is 2.99. The van der Waals surface area contributed by atoms with Gasteiger partial charge in [-0.3, -0.25) is 0 Å². The molecule has 2 aromatic rings. The van der Waals surface area contributed by atoms with Crippen molar-refractivity contribution in [2.24, 2.45) is 0 Å². The molecular weight excluding hydrogens is 323 g/mol. The van der Waals surface area contributed by atoms with Gasteiger partial charge in [0.05, 0.1) is 0 Å². The lowest BCUT2D eigenvalue weighted by molar-refractivity contribution is -0.334. The summed E-state index contributed by atoms with van der Waals surface area (Å²) in [5.41, 5.74) is -3.06. The number of aliphatic hydroxyl groups is 1. The third kappa shape index (κ3) is 2.91. The van der Waals surface area contributed by atoms with Crippen molar-refractivity contribution in [1.29, 1.82) is 0 Å². The van der Waals surface area contributed by atoms with Crippen molar-refractivity contribution in [1.82, 2.24) is 0 Å². The van der Waals surface area contributed by atoms with E-state index in [2.05, 4.69) is 0 Å². The number of benzene rings is 1. The predicted molar refractivity (Wildman–Crippen MR) is 74.7 cm³/mol. The van der Waals surface area contributed by atoms with Gasteiger partial charge in [0.1, 0.15) is 0 Å². The Morgan fingerprint density at radius 3 is 2.05 bits per heavy atom. The molecule has 1 atom stereocenters. The van der Waals surface area contributed by atoms with Crippen molar-refractivity contribution in [3.05, 3.63) is 64.4 Å². The molecule has 0 amide bonds. The molecule has 1 heterocycles. The summed E-state index contributed by atoms with van der Waals surface area (Å²) in [6.45, 7) is 0. The second-order valence-electron chi connectivity index (χ2n) is 4.56. The van der Waals surface area contributed by atoms with Crippen LogP contribution in [0.1, 0.15) is 10.4 Å². The SMILES string of the molecule is OC(/C=C/c1ccccc1)(c1cccs1)C(F)(F)C(F)(F)F. The molecule has 0 aliphatic heterocycles. The second kappa shape index (κ2) is 5.81. The first kappa shape index (κ1) is 16.6. The first-order valence-corrected chi connectivity index (χ1v) is 7.01. The minimum absolute atomic E-state index is 0.399. The third-order valence-electron chi connectivity index (χ3n) is 3.05. The molecule has 0 spiro atoms. The van der Waals surface area contributed by atoms with E-state index < -0.39 is 22.6 Å². The molecule has 1 aromatic heterocycles. The Morgan fingerprint density at radius 1 is 0.909 bits per heavy atom. The first-order valence-electron chi connectivity index (χ1n) is 6.14. The Morgan fingerprint density at radius 2 is 1.55 bits per heavy atom. The van der Waals surface area contributed by atoms with E-state index in [1.165, 1.54) is 23.6 Å². The van der Waals surface area contributed by atoms with Gasteiger partial charge in [-0.05, 0) is 23.1 Å². The number of rotatable bonds is 4. The van der Waals surface area contributed by atoms with Gasteiger partial charge >= 0.3 is 12.1 Å². The van der Waals surface area contributed by atoms with Crippen LogP contribution >= 0.6 is 11.3 Å². The van der Waals surface area contributed by atoms with E-state index in [4.69, 9.17) is 0 Å². The van der Waals surface area contributed by atoms with Crippen LogP contribution in [-0.2, 0) is 5.60 Å². The van der Waals surface area contributed by atoms with Crippen molar-refractivity contribution >= 4 is 17.4 Å². The maximum absolute atomic E-state index is 13.8. The molecule has 0 aliphatic carbocycles. The third-order valence-corrected chi connectivity index (χ3v) is 4.04. The summed E-state index contributed by atoms with van der Waals surface area (Å²) >= 11 is 0.627. The maximum Gasteiger partial charge on any atom is 0.457 e. The van der Waals surface area contributed by atoms with E-state index in [1.807, 2.05) is 0 Å². The first-order chi connectivity index (χ1) is 10.2. The summed E-state index contributed by atoms with van der Waals surface area (Å²) in [5.74, 6) is -5.32. The number of hydrogen-bond acceptors (Lipinski definition) is 2. The molecule has 22 heavy (non-hydrogen) atoms. The average molecular weight is 334 g/mol. The molecule has 1 unspecified atom stereocenters. The monoisotopic (exact) mass is 334 g/mol. The fourth-order valence-electron chi connectivity index (χ4n) is 1.83. The van der Waals surface area contributed by atoms with Gasteiger partial charge < -0.3 is 5.11 Å². The molecule has 2 rings (SSSR count). The Bertz CT molecular complexity index is 634. The van der Waals surface area contributed by atoms with Gasteiger partial charge in [-0.1, -0.05) is 42.5 Å². The molecule has 0 bridgehead atoms. The van der Waals surface area contributed by atoms with Gasteiger partial charge in [0.25, 0.3) is 0 Å². The van der Waals surface area contributed by atoms with Crippen molar-refractivity contribution < 1.29 is 27.1 Å². The van der Waals surface area contributed by atoms with Crippen LogP contribution in [0.2, 0.25) is 0 Å². The Kier molecular flexibility index (Phi) is 4.39. The fraction of sp³-hybridized carbons (Fsp3) is 0.200.